The number of halogens is 1. The van der Waals surface area contributed by atoms with Crippen LogP contribution in [0.15, 0.2) is 18.2 Å². The Labute approximate surface area is 98.1 Å². The van der Waals surface area contributed by atoms with Crippen molar-refractivity contribution in [1.82, 2.24) is 0 Å². The summed E-state index contributed by atoms with van der Waals surface area (Å²) in [5.74, 6) is -0.129. The minimum Gasteiger partial charge on any atom is -0.382 e. The number of hydrogen-bond donors (Lipinski definition) is 1. The molecule has 0 radical (unpaired) electrons. The van der Waals surface area contributed by atoms with Crippen LogP contribution in [0.4, 0.5) is 10.1 Å². The number of unbranched alkanes of at least 4 members (excludes halogenated alkanes) is 1. The summed E-state index contributed by atoms with van der Waals surface area (Å²) in [5, 5.41) is 3.43. The van der Waals surface area contributed by atoms with E-state index in [1.807, 2.05) is 13.0 Å². The number of benzene rings is 1. The maximum absolute atomic E-state index is 13.3. The molecule has 90 valence electrons. The molecule has 0 fully saturated rings. The third-order valence-electron chi connectivity index (χ3n) is 3.03. The molecule has 1 unspecified atom stereocenters. The fourth-order valence-corrected chi connectivity index (χ4v) is 1.81. The smallest absolute Gasteiger partial charge is 0.128 e. The average molecular weight is 223 g/mol. The van der Waals surface area contributed by atoms with Crippen LogP contribution >= 0.6 is 0 Å². The Hall–Kier alpha value is -1.05. The zero-order valence-electron chi connectivity index (χ0n) is 10.5. The van der Waals surface area contributed by atoms with Crippen molar-refractivity contribution in [3.05, 3.63) is 29.6 Å². The second kappa shape index (κ2) is 6.51. The molecule has 0 aliphatic heterocycles. The Bertz CT molecular complexity index is 323. The van der Waals surface area contributed by atoms with Gasteiger partial charge in [-0.05, 0) is 31.9 Å². The van der Waals surface area contributed by atoms with Crippen molar-refractivity contribution in [1.29, 1.82) is 0 Å². The van der Waals surface area contributed by atoms with E-state index in [2.05, 4.69) is 19.2 Å². The van der Waals surface area contributed by atoms with Crippen molar-refractivity contribution in [2.45, 2.75) is 52.5 Å². The van der Waals surface area contributed by atoms with E-state index in [0.29, 0.717) is 6.04 Å². The topological polar surface area (TPSA) is 12.0 Å². The van der Waals surface area contributed by atoms with Gasteiger partial charge < -0.3 is 5.32 Å². The SMILES string of the molecule is CCCCC(CC)Nc1cccc(F)c1C. The molecule has 1 aromatic carbocycles. The van der Waals surface area contributed by atoms with E-state index in [9.17, 15) is 4.39 Å². The standard InChI is InChI=1S/C14H22FN/c1-4-6-8-12(5-2)16-14-10-7-9-13(15)11(14)3/h7,9-10,12,16H,4-6,8H2,1-3H3. The van der Waals surface area contributed by atoms with Crippen LogP contribution in [0.3, 0.4) is 0 Å². The van der Waals surface area contributed by atoms with Crippen molar-refractivity contribution >= 4 is 5.69 Å². The Morgan fingerprint density at radius 2 is 2.06 bits per heavy atom. The van der Waals surface area contributed by atoms with Gasteiger partial charge in [0.05, 0.1) is 0 Å². The van der Waals surface area contributed by atoms with Crippen LogP contribution in [0.25, 0.3) is 0 Å². The minimum atomic E-state index is -0.129. The average Bonchev–Trinajstić information content (AvgIpc) is 2.30. The highest BCUT2D eigenvalue weighted by Gasteiger charge is 2.08. The van der Waals surface area contributed by atoms with Crippen LogP contribution in [0.1, 0.15) is 45.1 Å². The molecule has 2 heteroatoms. The molecule has 1 nitrogen and oxygen atoms in total. The Kier molecular flexibility index (Phi) is 5.30. The van der Waals surface area contributed by atoms with E-state index in [4.69, 9.17) is 0 Å². The summed E-state index contributed by atoms with van der Waals surface area (Å²) in [5.41, 5.74) is 1.65. The Morgan fingerprint density at radius 1 is 1.31 bits per heavy atom. The van der Waals surface area contributed by atoms with Crippen LogP contribution in [-0.4, -0.2) is 6.04 Å². The van der Waals surface area contributed by atoms with E-state index in [-0.39, 0.29) is 5.82 Å². The number of anilines is 1. The lowest BCUT2D eigenvalue weighted by Crippen LogP contribution is -2.19. The minimum absolute atomic E-state index is 0.129. The van der Waals surface area contributed by atoms with E-state index < -0.39 is 0 Å². The Balaban J connectivity index is 2.66. The molecular formula is C14H22FN. The molecule has 1 rings (SSSR count). The molecule has 1 atom stereocenters. The molecule has 1 aromatic rings. The molecule has 16 heavy (non-hydrogen) atoms. The van der Waals surface area contributed by atoms with Gasteiger partial charge in [-0.25, -0.2) is 4.39 Å². The fraction of sp³-hybridized carbons (Fsp3) is 0.571. The maximum atomic E-state index is 13.3. The van der Waals surface area contributed by atoms with Crippen LogP contribution in [-0.2, 0) is 0 Å². The summed E-state index contributed by atoms with van der Waals surface area (Å²) in [6.45, 7) is 6.19. The van der Waals surface area contributed by atoms with Gasteiger partial charge in [-0.3, -0.25) is 0 Å². The molecule has 0 saturated heterocycles. The highest BCUT2D eigenvalue weighted by molar-refractivity contribution is 5.51. The molecule has 0 aliphatic rings. The zero-order chi connectivity index (χ0) is 12.0. The lowest BCUT2D eigenvalue weighted by Gasteiger charge is -2.19. The highest BCUT2D eigenvalue weighted by atomic mass is 19.1. The van der Waals surface area contributed by atoms with Crippen LogP contribution in [0.5, 0.6) is 0 Å². The summed E-state index contributed by atoms with van der Waals surface area (Å²) in [6.07, 6.45) is 4.67. The van der Waals surface area contributed by atoms with E-state index in [0.717, 1.165) is 24.1 Å². The molecular weight excluding hydrogens is 201 g/mol. The molecule has 0 aliphatic carbocycles. The third-order valence-corrected chi connectivity index (χ3v) is 3.03. The van der Waals surface area contributed by atoms with Crippen molar-refractivity contribution in [3.63, 3.8) is 0 Å². The maximum Gasteiger partial charge on any atom is 0.128 e. The summed E-state index contributed by atoms with van der Waals surface area (Å²) < 4.78 is 13.3. The summed E-state index contributed by atoms with van der Waals surface area (Å²) in [4.78, 5) is 0. The van der Waals surface area contributed by atoms with Crippen molar-refractivity contribution < 1.29 is 4.39 Å². The molecule has 0 heterocycles. The Morgan fingerprint density at radius 3 is 2.69 bits per heavy atom. The molecule has 0 aromatic heterocycles. The third kappa shape index (κ3) is 3.51. The number of rotatable bonds is 6. The van der Waals surface area contributed by atoms with Gasteiger partial charge in [0.1, 0.15) is 5.82 Å². The summed E-state index contributed by atoms with van der Waals surface area (Å²) in [6, 6.07) is 5.68. The largest absolute Gasteiger partial charge is 0.382 e. The van der Waals surface area contributed by atoms with E-state index >= 15 is 0 Å². The molecule has 0 amide bonds. The molecule has 0 bridgehead atoms. The van der Waals surface area contributed by atoms with Crippen molar-refractivity contribution in [3.8, 4) is 0 Å². The van der Waals surface area contributed by atoms with Gasteiger partial charge in [0, 0.05) is 17.3 Å². The predicted octanol–water partition coefficient (Wildman–Crippen LogP) is 4.51. The van der Waals surface area contributed by atoms with E-state index in [1.54, 1.807) is 6.07 Å². The van der Waals surface area contributed by atoms with E-state index in [1.165, 1.54) is 18.9 Å². The van der Waals surface area contributed by atoms with Gasteiger partial charge in [-0.15, -0.1) is 0 Å². The summed E-state index contributed by atoms with van der Waals surface area (Å²) in [7, 11) is 0. The second-order valence-corrected chi connectivity index (χ2v) is 4.30. The normalized spacial score (nSPS) is 12.5. The quantitative estimate of drug-likeness (QED) is 0.748. The lowest BCUT2D eigenvalue weighted by molar-refractivity contribution is 0.589. The fourth-order valence-electron chi connectivity index (χ4n) is 1.81. The first-order chi connectivity index (χ1) is 7.69. The number of hydrogen-bond acceptors (Lipinski definition) is 1. The lowest BCUT2D eigenvalue weighted by atomic mass is 10.1. The zero-order valence-corrected chi connectivity index (χ0v) is 10.5. The van der Waals surface area contributed by atoms with Crippen LogP contribution in [0.2, 0.25) is 0 Å². The van der Waals surface area contributed by atoms with Crippen LogP contribution < -0.4 is 5.32 Å². The van der Waals surface area contributed by atoms with Gasteiger partial charge in [-0.1, -0.05) is 32.8 Å². The van der Waals surface area contributed by atoms with Gasteiger partial charge in [0.2, 0.25) is 0 Å². The molecule has 0 saturated carbocycles. The molecule has 1 N–H and O–H groups in total. The first-order valence-corrected chi connectivity index (χ1v) is 6.20. The van der Waals surface area contributed by atoms with Crippen LogP contribution in [0, 0.1) is 12.7 Å². The van der Waals surface area contributed by atoms with Gasteiger partial charge in [-0.2, -0.15) is 0 Å². The molecule has 0 spiro atoms. The first kappa shape index (κ1) is 13.0. The van der Waals surface area contributed by atoms with Gasteiger partial charge in [0.15, 0.2) is 0 Å². The first-order valence-electron chi connectivity index (χ1n) is 6.20. The van der Waals surface area contributed by atoms with Crippen molar-refractivity contribution in [2.75, 3.05) is 5.32 Å². The predicted molar refractivity (Wildman–Crippen MR) is 68.4 cm³/mol. The monoisotopic (exact) mass is 223 g/mol. The van der Waals surface area contributed by atoms with Crippen molar-refractivity contribution in [2.24, 2.45) is 0 Å². The van der Waals surface area contributed by atoms with Gasteiger partial charge >= 0.3 is 0 Å². The second-order valence-electron chi connectivity index (χ2n) is 4.30. The highest BCUT2D eigenvalue weighted by Crippen LogP contribution is 2.20. The number of nitrogens with one attached hydrogen (secondary N) is 1. The summed E-state index contributed by atoms with van der Waals surface area (Å²) >= 11 is 0. The van der Waals surface area contributed by atoms with Gasteiger partial charge in [0.25, 0.3) is 0 Å².